The third-order valence-electron chi connectivity index (χ3n) is 2.67. The third-order valence-corrected chi connectivity index (χ3v) is 2.89. The normalized spacial score (nSPS) is 10.0. The fraction of sp³-hybridized carbons (Fsp3) is 0.133. The summed E-state index contributed by atoms with van der Waals surface area (Å²) in [6.07, 6.45) is 1.44. The summed E-state index contributed by atoms with van der Waals surface area (Å²) in [6, 6.07) is 8.00. The van der Waals surface area contributed by atoms with E-state index in [0.29, 0.717) is 16.4 Å². The Morgan fingerprint density at radius 1 is 1.17 bits per heavy atom. The van der Waals surface area contributed by atoms with Crippen LogP contribution in [0.15, 0.2) is 36.5 Å². The van der Waals surface area contributed by atoms with Gasteiger partial charge < -0.3 is 20.4 Å². The Morgan fingerprint density at radius 2 is 1.87 bits per heavy atom. The highest BCUT2D eigenvalue weighted by Gasteiger charge is 2.12. The van der Waals surface area contributed by atoms with Gasteiger partial charge in [-0.05, 0) is 24.3 Å². The molecule has 23 heavy (non-hydrogen) atoms. The minimum atomic E-state index is -0.681. The number of hydrogen-bond acceptors (Lipinski definition) is 4. The van der Waals surface area contributed by atoms with Gasteiger partial charge in [0.05, 0.1) is 5.02 Å². The van der Waals surface area contributed by atoms with Gasteiger partial charge in [0.25, 0.3) is 5.91 Å². The molecule has 7 nitrogen and oxygen atoms in total. The van der Waals surface area contributed by atoms with Gasteiger partial charge in [-0.3, -0.25) is 9.59 Å². The molecule has 1 aromatic heterocycles. The topological polar surface area (TPSA) is 100 Å². The van der Waals surface area contributed by atoms with E-state index in [0.717, 1.165) is 0 Å². The van der Waals surface area contributed by atoms with Crippen LogP contribution >= 0.6 is 11.6 Å². The highest BCUT2D eigenvalue weighted by atomic mass is 35.5. The first kappa shape index (κ1) is 16.6. The van der Waals surface area contributed by atoms with E-state index in [4.69, 9.17) is 16.3 Å². The summed E-state index contributed by atoms with van der Waals surface area (Å²) in [5, 5.41) is 5.54. The fourth-order valence-corrected chi connectivity index (χ4v) is 1.93. The van der Waals surface area contributed by atoms with Gasteiger partial charge in [-0.2, -0.15) is 0 Å². The summed E-state index contributed by atoms with van der Waals surface area (Å²) in [7, 11) is 0. The molecular formula is C15H14ClN3O4. The van der Waals surface area contributed by atoms with Crippen molar-refractivity contribution >= 4 is 40.8 Å². The molecule has 0 bridgehead atoms. The molecule has 120 valence electrons. The molecule has 0 saturated carbocycles. The molecule has 0 aliphatic heterocycles. The van der Waals surface area contributed by atoms with Crippen molar-refractivity contribution in [1.29, 1.82) is 0 Å². The average Bonchev–Trinajstić information content (AvgIpc) is 2.91. The molecule has 0 atom stereocenters. The van der Waals surface area contributed by atoms with E-state index in [2.05, 4.69) is 15.6 Å². The molecule has 3 N–H and O–H groups in total. The standard InChI is InChI=1S/C15H14ClN3O4/c1-9(20)18-11-3-2-4-12(6-11)19-14(21)8-23-15(22)13-5-10(16)7-17-13/h2-7,17H,8H2,1H3,(H,18,20)(H,19,21). The number of amides is 2. The lowest BCUT2D eigenvalue weighted by Crippen LogP contribution is -2.21. The Labute approximate surface area is 137 Å². The quantitative estimate of drug-likeness (QED) is 0.730. The molecule has 0 fully saturated rings. The molecule has 0 radical (unpaired) electrons. The summed E-state index contributed by atoms with van der Waals surface area (Å²) in [4.78, 5) is 37.0. The van der Waals surface area contributed by atoms with Gasteiger partial charge in [-0.1, -0.05) is 17.7 Å². The molecule has 2 rings (SSSR count). The maximum atomic E-state index is 11.8. The van der Waals surface area contributed by atoms with Gasteiger partial charge in [0.2, 0.25) is 5.91 Å². The second kappa shape index (κ2) is 7.46. The number of carbonyl (C=O) groups is 3. The maximum absolute atomic E-state index is 11.8. The molecule has 2 aromatic rings. The van der Waals surface area contributed by atoms with Crippen molar-refractivity contribution in [2.75, 3.05) is 17.2 Å². The first-order valence-electron chi connectivity index (χ1n) is 6.62. The number of ether oxygens (including phenoxy) is 1. The number of nitrogens with one attached hydrogen (secondary N) is 3. The van der Waals surface area contributed by atoms with E-state index in [9.17, 15) is 14.4 Å². The molecule has 1 heterocycles. The monoisotopic (exact) mass is 335 g/mol. The van der Waals surface area contributed by atoms with Crippen molar-refractivity contribution in [3.8, 4) is 0 Å². The smallest absolute Gasteiger partial charge is 0.355 e. The molecule has 0 unspecified atom stereocenters. The number of aromatic nitrogens is 1. The van der Waals surface area contributed by atoms with Crippen molar-refractivity contribution < 1.29 is 19.1 Å². The summed E-state index contributed by atoms with van der Waals surface area (Å²) < 4.78 is 4.86. The second-order valence-corrected chi connectivity index (χ2v) is 5.05. The minimum absolute atomic E-state index is 0.162. The molecule has 0 spiro atoms. The second-order valence-electron chi connectivity index (χ2n) is 4.62. The number of halogens is 1. The lowest BCUT2D eigenvalue weighted by molar-refractivity contribution is -0.119. The van der Waals surface area contributed by atoms with Gasteiger partial charge in [0.15, 0.2) is 6.61 Å². The molecular weight excluding hydrogens is 322 g/mol. The summed E-state index contributed by atoms with van der Waals surface area (Å²) >= 11 is 5.68. The van der Waals surface area contributed by atoms with Crippen LogP contribution in [-0.4, -0.2) is 29.4 Å². The van der Waals surface area contributed by atoms with Crippen LogP contribution in [0.5, 0.6) is 0 Å². The zero-order chi connectivity index (χ0) is 16.8. The van der Waals surface area contributed by atoms with Crippen molar-refractivity contribution in [1.82, 2.24) is 4.98 Å². The predicted octanol–water partition coefficient (Wildman–Crippen LogP) is 2.42. The van der Waals surface area contributed by atoms with E-state index in [1.165, 1.54) is 19.2 Å². The van der Waals surface area contributed by atoms with Crippen molar-refractivity contribution in [3.63, 3.8) is 0 Å². The summed E-state index contributed by atoms with van der Waals surface area (Å²) in [5.41, 5.74) is 1.18. The molecule has 1 aromatic carbocycles. The largest absolute Gasteiger partial charge is 0.451 e. The van der Waals surface area contributed by atoms with Crippen LogP contribution in [-0.2, 0) is 14.3 Å². The molecule has 8 heteroatoms. The number of rotatable bonds is 5. The van der Waals surface area contributed by atoms with Gasteiger partial charge >= 0.3 is 5.97 Å². The number of aromatic amines is 1. The van der Waals surface area contributed by atoms with Gasteiger partial charge in [0, 0.05) is 24.5 Å². The van der Waals surface area contributed by atoms with Gasteiger partial charge in [0.1, 0.15) is 5.69 Å². The van der Waals surface area contributed by atoms with Crippen molar-refractivity contribution in [2.24, 2.45) is 0 Å². The third kappa shape index (κ3) is 5.15. The van der Waals surface area contributed by atoms with Crippen LogP contribution < -0.4 is 10.6 Å². The Balaban J connectivity index is 1.87. The van der Waals surface area contributed by atoms with Crippen molar-refractivity contribution in [2.45, 2.75) is 6.92 Å². The average molecular weight is 336 g/mol. The number of H-pyrrole nitrogens is 1. The number of carbonyl (C=O) groups excluding carboxylic acids is 3. The van der Waals surface area contributed by atoms with Crippen LogP contribution in [0.1, 0.15) is 17.4 Å². The summed E-state index contributed by atoms with van der Waals surface area (Å²) in [6.45, 7) is 0.942. The first-order chi connectivity index (χ1) is 10.9. The van der Waals surface area contributed by atoms with Crippen LogP contribution in [0.4, 0.5) is 11.4 Å². The Hall–Kier alpha value is -2.80. The predicted molar refractivity (Wildman–Crippen MR) is 85.5 cm³/mol. The van der Waals surface area contributed by atoms with E-state index >= 15 is 0 Å². The van der Waals surface area contributed by atoms with Crippen LogP contribution in [0.25, 0.3) is 0 Å². The molecule has 0 aliphatic carbocycles. The number of esters is 1. The highest BCUT2D eigenvalue weighted by Crippen LogP contribution is 2.15. The molecule has 2 amide bonds. The first-order valence-corrected chi connectivity index (χ1v) is 7.00. The zero-order valence-corrected chi connectivity index (χ0v) is 12.9. The molecule has 0 aliphatic rings. The lowest BCUT2D eigenvalue weighted by Gasteiger charge is -2.08. The van der Waals surface area contributed by atoms with Gasteiger partial charge in [-0.15, -0.1) is 0 Å². The van der Waals surface area contributed by atoms with E-state index < -0.39 is 18.5 Å². The minimum Gasteiger partial charge on any atom is -0.451 e. The fourth-order valence-electron chi connectivity index (χ4n) is 1.77. The van der Waals surface area contributed by atoms with Crippen molar-refractivity contribution in [3.05, 3.63) is 47.2 Å². The number of benzene rings is 1. The maximum Gasteiger partial charge on any atom is 0.355 e. The Kier molecular flexibility index (Phi) is 5.37. The van der Waals surface area contributed by atoms with E-state index in [1.54, 1.807) is 24.3 Å². The highest BCUT2D eigenvalue weighted by molar-refractivity contribution is 6.30. The Bertz CT molecular complexity index is 742. The van der Waals surface area contributed by atoms with Crippen LogP contribution in [0.3, 0.4) is 0 Å². The van der Waals surface area contributed by atoms with Gasteiger partial charge in [-0.25, -0.2) is 4.79 Å². The molecule has 0 saturated heterocycles. The number of hydrogen-bond donors (Lipinski definition) is 3. The lowest BCUT2D eigenvalue weighted by atomic mass is 10.2. The van der Waals surface area contributed by atoms with E-state index in [-0.39, 0.29) is 11.6 Å². The Morgan fingerprint density at radius 3 is 2.48 bits per heavy atom. The summed E-state index contributed by atoms with van der Waals surface area (Å²) in [5.74, 6) is -1.40. The van der Waals surface area contributed by atoms with E-state index in [1.807, 2.05) is 0 Å². The van der Waals surface area contributed by atoms with Crippen LogP contribution in [0, 0.1) is 0 Å². The zero-order valence-electron chi connectivity index (χ0n) is 12.2. The SMILES string of the molecule is CC(=O)Nc1cccc(NC(=O)COC(=O)c2cc(Cl)c[nH]2)c1. The van der Waals surface area contributed by atoms with Crippen LogP contribution in [0.2, 0.25) is 5.02 Å². The number of anilines is 2.